The molecule has 0 aromatic heterocycles. The van der Waals surface area contributed by atoms with Gasteiger partial charge in [0.05, 0.1) is 6.04 Å². The highest BCUT2D eigenvalue weighted by atomic mass is 16.5. The number of rotatable bonds is 6. The number of carbonyl (C=O) groups is 2. The molecule has 1 aliphatic carbocycles. The van der Waals surface area contributed by atoms with Crippen molar-refractivity contribution >= 4 is 11.9 Å². The van der Waals surface area contributed by atoms with Crippen molar-refractivity contribution in [3.05, 3.63) is 89.5 Å². The maximum absolute atomic E-state index is 12.7. The fourth-order valence-corrected chi connectivity index (χ4v) is 4.04. The van der Waals surface area contributed by atoms with E-state index < -0.39 is 23.9 Å². The number of para-hydroxylation sites is 1. The molecule has 3 aromatic rings. The van der Waals surface area contributed by atoms with Crippen LogP contribution in [0, 0.1) is 5.92 Å². The zero-order valence-corrected chi connectivity index (χ0v) is 16.1. The van der Waals surface area contributed by atoms with Gasteiger partial charge in [-0.2, -0.15) is 0 Å². The Morgan fingerprint density at radius 3 is 2.00 bits per heavy atom. The summed E-state index contributed by atoms with van der Waals surface area (Å²) in [6.45, 7) is 0.00410. The molecule has 0 saturated heterocycles. The Morgan fingerprint density at radius 2 is 1.43 bits per heavy atom. The van der Waals surface area contributed by atoms with E-state index in [9.17, 15) is 19.8 Å². The Labute approximate surface area is 173 Å². The standard InChI is InChI=1S/C24H21NO5/c25-22(18-11-5-6-12-20(18)26)21(23(27)28)24(29)30-13-19-16-9-3-1-7-14(16)15-8-2-4-10-17(15)19/h1-12,19,21-22,26H,13,25H2,(H,27,28)/t21-,22?/m1/s1. The van der Waals surface area contributed by atoms with E-state index >= 15 is 0 Å². The van der Waals surface area contributed by atoms with E-state index in [0.29, 0.717) is 0 Å². The molecular formula is C24H21NO5. The molecule has 152 valence electrons. The van der Waals surface area contributed by atoms with Crippen molar-refractivity contribution in [2.45, 2.75) is 12.0 Å². The molecule has 0 fully saturated rings. The summed E-state index contributed by atoms with van der Waals surface area (Å²) in [5.41, 5.74) is 10.4. The molecule has 0 bridgehead atoms. The number of phenolic OH excluding ortho intramolecular Hbond substituents is 1. The smallest absolute Gasteiger partial charge is 0.322 e. The number of nitrogens with two attached hydrogens (primary N) is 1. The lowest BCUT2D eigenvalue weighted by atomic mass is 9.93. The number of benzene rings is 3. The van der Waals surface area contributed by atoms with Crippen molar-refractivity contribution in [1.29, 1.82) is 0 Å². The van der Waals surface area contributed by atoms with Gasteiger partial charge in [-0.05, 0) is 28.3 Å². The van der Waals surface area contributed by atoms with Crippen LogP contribution >= 0.6 is 0 Å². The molecule has 0 amide bonds. The number of esters is 1. The summed E-state index contributed by atoms with van der Waals surface area (Å²) in [7, 11) is 0. The summed E-state index contributed by atoms with van der Waals surface area (Å²) in [6.07, 6.45) is 0. The van der Waals surface area contributed by atoms with Crippen LogP contribution in [0.2, 0.25) is 0 Å². The van der Waals surface area contributed by atoms with Crippen molar-refractivity contribution in [1.82, 2.24) is 0 Å². The Bertz CT molecular complexity index is 1060. The van der Waals surface area contributed by atoms with E-state index in [1.54, 1.807) is 12.1 Å². The third kappa shape index (κ3) is 3.42. The quantitative estimate of drug-likeness (QED) is 0.430. The number of phenols is 1. The van der Waals surface area contributed by atoms with Crippen molar-refractivity contribution in [3.63, 3.8) is 0 Å². The first-order valence-corrected chi connectivity index (χ1v) is 9.60. The first-order valence-electron chi connectivity index (χ1n) is 9.60. The third-order valence-electron chi connectivity index (χ3n) is 5.53. The fraction of sp³-hybridized carbons (Fsp3) is 0.167. The number of ether oxygens (including phenoxy) is 1. The van der Waals surface area contributed by atoms with Gasteiger partial charge in [0.15, 0.2) is 5.92 Å². The summed E-state index contributed by atoms with van der Waals surface area (Å²) < 4.78 is 5.46. The Morgan fingerprint density at radius 1 is 0.900 bits per heavy atom. The van der Waals surface area contributed by atoms with Crippen molar-refractivity contribution < 1.29 is 24.5 Å². The molecule has 0 heterocycles. The predicted octanol–water partition coefficient (Wildman–Crippen LogP) is 3.45. The topological polar surface area (TPSA) is 110 Å². The van der Waals surface area contributed by atoms with Crippen LogP contribution < -0.4 is 5.73 Å². The molecule has 2 atom stereocenters. The average Bonchev–Trinajstić information content (AvgIpc) is 3.06. The molecule has 1 unspecified atom stereocenters. The average molecular weight is 403 g/mol. The molecule has 4 N–H and O–H groups in total. The number of carbonyl (C=O) groups excluding carboxylic acids is 1. The molecule has 6 heteroatoms. The largest absolute Gasteiger partial charge is 0.508 e. The minimum absolute atomic E-state index is 0.00410. The first-order chi connectivity index (χ1) is 14.5. The molecule has 0 spiro atoms. The molecule has 6 nitrogen and oxygen atoms in total. The summed E-state index contributed by atoms with van der Waals surface area (Å²) in [6, 6.07) is 20.6. The predicted molar refractivity (Wildman–Crippen MR) is 111 cm³/mol. The molecule has 0 saturated carbocycles. The highest BCUT2D eigenvalue weighted by molar-refractivity contribution is 5.95. The van der Waals surface area contributed by atoms with Gasteiger partial charge >= 0.3 is 11.9 Å². The lowest BCUT2D eigenvalue weighted by Crippen LogP contribution is -2.36. The van der Waals surface area contributed by atoms with Crippen molar-refractivity contribution in [3.8, 4) is 16.9 Å². The maximum Gasteiger partial charge on any atom is 0.322 e. The van der Waals surface area contributed by atoms with E-state index in [-0.39, 0.29) is 23.8 Å². The third-order valence-corrected chi connectivity index (χ3v) is 5.53. The van der Waals surface area contributed by atoms with Crippen LogP contribution in [0.1, 0.15) is 28.7 Å². The summed E-state index contributed by atoms with van der Waals surface area (Å²) >= 11 is 0. The van der Waals surface area contributed by atoms with E-state index in [2.05, 4.69) is 0 Å². The lowest BCUT2D eigenvalue weighted by molar-refractivity contribution is -0.160. The number of fused-ring (bicyclic) bond motifs is 3. The molecule has 0 radical (unpaired) electrons. The second-order valence-corrected chi connectivity index (χ2v) is 7.26. The zero-order valence-electron chi connectivity index (χ0n) is 16.1. The van der Waals surface area contributed by atoms with Crippen LogP contribution in [0.5, 0.6) is 5.75 Å². The van der Waals surface area contributed by atoms with Gasteiger partial charge < -0.3 is 20.7 Å². The monoisotopic (exact) mass is 403 g/mol. The molecule has 4 rings (SSSR count). The fourth-order valence-electron chi connectivity index (χ4n) is 4.04. The molecule has 3 aromatic carbocycles. The maximum atomic E-state index is 12.7. The van der Waals surface area contributed by atoms with Gasteiger partial charge in [-0.1, -0.05) is 66.7 Å². The van der Waals surface area contributed by atoms with E-state index in [1.807, 2.05) is 48.5 Å². The van der Waals surface area contributed by atoms with E-state index in [0.717, 1.165) is 22.3 Å². The number of aliphatic carboxylic acids is 1. The molecular weight excluding hydrogens is 382 g/mol. The number of carboxylic acids is 1. The SMILES string of the molecule is NC(c1ccccc1O)[C@H](C(=O)O)C(=O)OCC1c2ccccc2-c2ccccc21. The lowest BCUT2D eigenvalue weighted by Gasteiger charge is -2.21. The Kier molecular flexibility index (Phi) is 5.25. The second kappa shape index (κ2) is 8.00. The number of aromatic hydroxyl groups is 1. The van der Waals surface area contributed by atoms with Crippen LogP contribution in [-0.4, -0.2) is 28.8 Å². The number of hydrogen-bond acceptors (Lipinski definition) is 5. The Balaban J connectivity index is 1.56. The summed E-state index contributed by atoms with van der Waals surface area (Å²) in [5.74, 6) is -4.31. The minimum Gasteiger partial charge on any atom is -0.508 e. The van der Waals surface area contributed by atoms with Crippen LogP contribution in [0.25, 0.3) is 11.1 Å². The summed E-state index contributed by atoms with van der Waals surface area (Å²) in [5, 5.41) is 19.6. The highest BCUT2D eigenvalue weighted by Crippen LogP contribution is 2.44. The highest BCUT2D eigenvalue weighted by Gasteiger charge is 2.37. The molecule has 30 heavy (non-hydrogen) atoms. The summed E-state index contributed by atoms with van der Waals surface area (Å²) in [4.78, 5) is 24.5. The van der Waals surface area contributed by atoms with Gasteiger partial charge in [0.1, 0.15) is 12.4 Å². The van der Waals surface area contributed by atoms with Crippen LogP contribution in [0.3, 0.4) is 0 Å². The van der Waals surface area contributed by atoms with Crippen LogP contribution in [0.15, 0.2) is 72.8 Å². The van der Waals surface area contributed by atoms with Crippen LogP contribution in [-0.2, 0) is 14.3 Å². The second-order valence-electron chi connectivity index (χ2n) is 7.26. The van der Waals surface area contributed by atoms with Gasteiger partial charge in [0.25, 0.3) is 0 Å². The van der Waals surface area contributed by atoms with Gasteiger partial charge in [-0.15, -0.1) is 0 Å². The van der Waals surface area contributed by atoms with Gasteiger partial charge in [0, 0.05) is 11.5 Å². The Hall–Kier alpha value is -3.64. The molecule has 0 aliphatic heterocycles. The van der Waals surface area contributed by atoms with E-state index in [4.69, 9.17) is 10.5 Å². The number of carboxylic acid groups (broad SMARTS) is 1. The van der Waals surface area contributed by atoms with Gasteiger partial charge in [-0.3, -0.25) is 9.59 Å². The van der Waals surface area contributed by atoms with Crippen molar-refractivity contribution in [2.24, 2.45) is 11.7 Å². The van der Waals surface area contributed by atoms with Crippen LogP contribution in [0.4, 0.5) is 0 Å². The van der Waals surface area contributed by atoms with Gasteiger partial charge in [0.2, 0.25) is 0 Å². The zero-order chi connectivity index (χ0) is 21.3. The number of hydrogen-bond donors (Lipinski definition) is 3. The van der Waals surface area contributed by atoms with E-state index in [1.165, 1.54) is 12.1 Å². The minimum atomic E-state index is -1.63. The van der Waals surface area contributed by atoms with Crippen molar-refractivity contribution in [2.75, 3.05) is 6.61 Å². The first kappa shape index (κ1) is 19.7. The van der Waals surface area contributed by atoms with Gasteiger partial charge in [-0.25, -0.2) is 0 Å². The molecule has 1 aliphatic rings. The normalized spacial score (nSPS) is 14.4.